The van der Waals surface area contributed by atoms with E-state index in [1.165, 1.54) is 28.1 Å². The average Bonchev–Trinajstić information content (AvgIpc) is 3.62. The standard InChI is InChI=1S/C22H29N2OS.C8H8O3/c1-3-5-14-25-21(22-7-6-15-26-22)17-24-13-12-23(18-24)16-20-10-8-19(4-2)9-11-20;9-7(8(10)11)6-4-2-1-3-5-6/h6-13,15,18,21H,3-5,14,16-17H2,1-2H3;1-5,7,9H,(H,10,11)/q+1;/p-1. The molecule has 2 unspecified atom stereocenters. The maximum Gasteiger partial charge on any atom is 0.244 e. The number of ether oxygens (including phenoxy) is 1. The van der Waals surface area contributed by atoms with Gasteiger partial charge in [0.1, 0.15) is 37.7 Å². The van der Waals surface area contributed by atoms with E-state index in [0.717, 1.165) is 39.0 Å². The molecule has 0 amide bonds. The van der Waals surface area contributed by atoms with Gasteiger partial charge in [-0.15, -0.1) is 11.3 Å². The SMILES string of the molecule is CCCCOC(Cn1cc[n+](Cc2ccc(CC)cc2)c1)c1cccs1.O=C([O-])C(O)c1ccccc1. The number of aryl methyl sites for hydroxylation is 1. The first-order valence-electron chi connectivity index (χ1n) is 12.7. The van der Waals surface area contributed by atoms with E-state index in [2.05, 4.69) is 83.5 Å². The van der Waals surface area contributed by atoms with E-state index in [4.69, 9.17) is 9.84 Å². The highest BCUT2D eigenvalue weighted by molar-refractivity contribution is 7.10. The Morgan fingerprint density at radius 1 is 1.05 bits per heavy atom. The number of aliphatic hydroxyl groups is 1. The van der Waals surface area contributed by atoms with Crippen LogP contribution in [-0.4, -0.2) is 22.2 Å². The molecule has 2 atom stereocenters. The number of aliphatic hydroxyl groups excluding tert-OH is 1. The van der Waals surface area contributed by atoms with Gasteiger partial charge in [0.2, 0.25) is 6.33 Å². The monoisotopic (exact) mass is 520 g/mol. The van der Waals surface area contributed by atoms with E-state index in [9.17, 15) is 9.90 Å². The van der Waals surface area contributed by atoms with Crippen LogP contribution in [0.15, 0.2) is 90.8 Å². The third-order valence-electron chi connectivity index (χ3n) is 5.94. The summed E-state index contributed by atoms with van der Waals surface area (Å²) in [5.74, 6) is -1.48. The van der Waals surface area contributed by atoms with E-state index in [0.29, 0.717) is 5.56 Å². The van der Waals surface area contributed by atoms with Gasteiger partial charge in [0.25, 0.3) is 0 Å². The van der Waals surface area contributed by atoms with Crippen molar-refractivity contribution < 1.29 is 24.3 Å². The van der Waals surface area contributed by atoms with E-state index in [-0.39, 0.29) is 6.10 Å². The summed E-state index contributed by atoms with van der Waals surface area (Å²) >= 11 is 1.78. The predicted molar refractivity (Wildman–Crippen MR) is 144 cm³/mol. The third kappa shape index (κ3) is 9.28. The molecule has 0 bridgehead atoms. The lowest BCUT2D eigenvalue weighted by atomic mass is 10.1. The first-order chi connectivity index (χ1) is 18.0. The van der Waals surface area contributed by atoms with Crippen molar-refractivity contribution in [2.24, 2.45) is 0 Å². The Morgan fingerprint density at radius 3 is 2.41 bits per heavy atom. The van der Waals surface area contributed by atoms with E-state index in [1.54, 1.807) is 29.5 Å². The lowest BCUT2D eigenvalue weighted by molar-refractivity contribution is -0.687. The van der Waals surface area contributed by atoms with Crippen LogP contribution in [0.4, 0.5) is 0 Å². The molecule has 2 heterocycles. The van der Waals surface area contributed by atoms with Crippen LogP contribution in [0.25, 0.3) is 0 Å². The topological polar surface area (TPSA) is 78.4 Å². The summed E-state index contributed by atoms with van der Waals surface area (Å²) in [7, 11) is 0. The molecule has 0 aliphatic carbocycles. The molecule has 0 saturated heterocycles. The Labute approximate surface area is 223 Å². The second-order valence-corrected chi connectivity index (χ2v) is 9.79. The minimum atomic E-state index is -1.52. The van der Waals surface area contributed by atoms with E-state index in [1.807, 2.05) is 0 Å². The number of benzene rings is 2. The van der Waals surface area contributed by atoms with E-state index >= 15 is 0 Å². The molecule has 0 aliphatic rings. The Hall–Kier alpha value is -3.26. The maximum atomic E-state index is 10.1. The quantitative estimate of drug-likeness (QED) is 0.221. The minimum Gasteiger partial charge on any atom is -0.547 e. The van der Waals surface area contributed by atoms with Crippen LogP contribution in [0.2, 0.25) is 0 Å². The van der Waals surface area contributed by atoms with Crippen LogP contribution in [0.1, 0.15) is 60.5 Å². The largest absolute Gasteiger partial charge is 0.547 e. The van der Waals surface area contributed by atoms with Gasteiger partial charge in [0, 0.05) is 11.5 Å². The first-order valence-corrected chi connectivity index (χ1v) is 13.6. The fourth-order valence-electron chi connectivity index (χ4n) is 3.76. The molecule has 2 aromatic carbocycles. The highest BCUT2D eigenvalue weighted by Gasteiger charge is 2.17. The van der Waals surface area contributed by atoms with E-state index < -0.39 is 12.1 Å². The van der Waals surface area contributed by atoms with Gasteiger partial charge in [-0.25, -0.2) is 9.13 Å². The van der Waals surface area contributed by atoms with Gasteiger partial charge in [0.15, 0.2) is 0 Å². The number of carboxylic acids is 1. The lowest BCUT2D eigenvalue weighted by Gasteiger charge is -2.14. The number of carbonyl (C=O) groups is 1. The van der Waals surface area contributed by atoms with Crippen molar-refractivity contribution in [3.63, 3.8) is 0 Å². The van der Waals surface area contributed by atoms with Gasteiger partial charge >= 0.3 is 0 Å². The molecule has 0 radical (unpaired) electrons. The van der Waals surface area contributed by atoms with Crippen molar-refractivity contribution in [1.82, 2.24) is 4.57 Å². The second-order valence-electron chi connectivity index (χ2n) is 8.81. The molecule has 0 fully saturated rings. The summed E-state index contributed by atoms with van der Waals surface area (Å²) in [6, 6.07) is 21.3. The molecule has 4 rings (SSSR count). The zero-order valence-corrected chi connectivity index (χ0v) is 22.3. The van der Waals surface area contributed by atoms with Crippen molar-refractivity contribution in [2.75, 3.05) is 6.61 Å². The van der Waals surface area contributed by atoms with Gasteiger partial charge in [0.05, 0.1) is 5.97 Å². The number of imidazole rings is 1. The maximum absolute atomic E-state index is 10.1. The summed E-state index contributed by atoms with van der Waals surface area (Å²) in [4.78, 5) is 11.4. The highest BCUT2D eigenvalue weighted by atomic mass is 32.1. The number of unbranched alkanes of at least 4 members (excludes halogenated alkanes) is 1. The molecule has 0 aliphatic heterocycles. The number of hydrogen-bond donors (Lipinski definition) is 1. The zero-order chi connectivity index (χ0) is 26.5. The average molecular weight is 521 g/mol. The molecule has 0 saturated carbocycles. The predicted octanol–water partition coefficient (Wildman–Crippen LogP) is 4.48. The van der Waals surface area contributed by atoms with Gasteiger partial charge in [-0.3, -0.25) is 0 Å². The van der Waals surface area contributed by atoms with Crippen LogP contribution in [-0.2, 0) is 29.0 Å². The molecule has 37 heavy (non-hydrogen) atoms. The summed E-state index contributed by atoms with van der Waals surface area (Å²) in [5, 5.41) is 21.2. The Kier molecular flexibility index (Phi) is 11.6. The van der Waals surface area contributed by atoms with Crippen LogP contribution < -0.4 is 9.67 Å². The van der Waals surface area contributed by atoms with Crippen molar-refractivity contribution >= 4 is 17.3 Å². The van der Waals surface area contributed by atoms with Gasteiger partial charge < -0.3 is 19.7 Å². The fraction of sp³-hybridized carbons (Fsp3) is 0.333. The molecular weight excluding hydrogens is 484 g/mol. The highest BCUT2D eigenvalue weighted by Crippen LogP contribution is 2.24. The number of carboxylic acid groups (broad SMARTS) is 1. The Morgan fingerprint density at radius 2 is 1.78 bits per heavy atom. The lowest BCUT2D eigenvalue weighted by Crippen LogP contribution is -2.31. The number of rotatable bonds is 12. The molecule has 2 aromatic heterocycles. The van der Waals surface area contributed by atoms with Crippen molar-refractivity contribution in [3.05, 3.63) is 112 Å². The molecule has 7 heteroatoms. The Balaban J connectivity index is 0.000000289. The minimum absolute atomic E-state index is 0.131. The van der Waals surface area contributed by atoms with Crippen molar-refractivity contribution in [2.45, 2.75) is 58.4 Å². The van der Waals surface area contributed by atoms with Gasteiger partial charge in [-0.2, -0.15) is 0 Å². The molecule has 0 spiro atoms. The number of aromatic nitrogens is 2. The van der Waals surface area contributed by atoms with Gasteiger partial charge in [-0.1, -0.05) is 80.9 Å². The fourth-order valence-corrected chi connectivity index (χ4v) is 4.53. The van der Waals surface area contributed by atoms with Crippen LogP contribution in [0.3, 0.4) is 0 Å². The number of hydrogen-bond acceptors (Lipinski definition) is 5. The Bertz CT molecular complexity index is 1170. The normalized spacial score (nSPS) is 12.4. The third-order valence-corrected chi connectivity index (χ3v) is 6.90. The summed E-state index contributed by atoms with van der Waals surface area (Å²) in [6.45, 7) is 6.97. The van der Waals surface area contributed by atoms with Crippen molar-refractivity contribution in [3.8, 4) is 0 Å². The van der Waals surface area contributed by atoms with Crippen molar-refractivity contribution in [1.29, 1.82) is 0 Å². The zero-order valence-electron chi connectivity index (χ0n) is 21.5. The molecule has 1 N–H and O–H groups in total. The van der Waals surface area contributed by atoms with Crippen LogP contribution >= 0.6 is 11.3 Å². The molecule has 196 valence electrons. The molecule has 6 nitrogen and oxygen atoms in total. The molecule has 4 aromatic rings. The molecular formula is C30H36N2O4S. The summed E-state index contributed by atoms with van der Waals surface area (Å²) < 4.78 is 10.6. The second kappa shape index (κ2) is 15.1. The van der Waals surface area contributed by atoms with Crippen LogP contribution in [0.5, 0.6) is 0 Å². The van der Waals surface area contributed by atoms with Crippen LogP contribution in [0, 0.1) is 0 Å². The number of aliphatic carboxylic acids is 1. The summed E-state index contributed by atoms with van der Waals surface area (Å²) in [6.07, 6.45) is 8.44. The number of nitrogens with zero attached hydrogens (tertiary/aromatic N) is 2. The number of carbonyl (C=O) groups excluding carboxylic acids is 1. The summed E-state index contributed by atoms with van der Waals surface area (Å²) in [5.41, 5.74) is 3.06. The van der Waals surface area contributed by atoms with Gasteiger partial charge in [-0.05, 0) is 41.0 Å². The number of thiophene rings is 1. The smallest absolute Gasteiger partial charge is 0.244 e. The first kappa shape index (κ1) is 28.3.